The molecule has 158 valence electrons. The number of benzene rings is 1. The van der Waals surface area contributed by atoms with Gasteiger partial charge in [0, 0.05) is 0 Å². The van der Waals surface area contributed by atoms with E-state index in [0.717, 1.165) is 12.8 Å². The fourth-order valence-electron chi connectivity index (χ4n) is 2.69. The summed E-state index contributed by atoms with van der Waals surface area (Å²) in [6.07, 6.45) is 2.95. The lowest BCUT2D eigenvalue weighted by molar-refractivity contribution is -0.287. The van der Waals surface area contributed by atoms with Gasteiger partial charge in [-0.1, -0.05) is 26.7 Å². The van der Waals surface area contributed by atoms with E-state index in [0.29, 0.717) is 12.8 Å². The molecule has 1 aromatic carbocycles. The van der Waals surface area contributed by atoms with Crippen molar-refractivity contribution in [2.24, 2.45) is 0 Å². The number of rotatable bonds is 12. The lowest BCUT2D eigenvalue weighted by atomic mass is 10.0. The van der Waals surface area contributed by atoms with Crippen LogP contribution in [0.3, 0.4) is 0 Å². The zero-order valence-electron chi connectivity index (χ0n) is 17.3. The lowest BCUT2D eigenvalue weighted by Crippen LogP contribution is -2.28. The standard InChI is InChI=1S/C20H30O8/c1-7-11-19(3,4)27-25-14-10-9-13(17(21)22)16(15(14)18(23)24)26-28-20(5,6)12-8-2/h9-10H,7-8,11-12H2,1-6H3,(H,21,22)(H,23,24). The number of carboxylic acids is 2. The van der Waals surface area contributed by atoms with Crippen molar-refractivity contribution in [3.63, 3.8) is 0 Å². The molecule has 0 aromatic heterocycles. The molecule has 0 radical (unpaired) electrons. The maximum Gasteiger partial charge on any atom is 0.343 e. The molecule has 0 aliphatic carbocycles. The van der Waals surface area contributed by atoms with Crippen LogP contribution in [0, 0.1) is 0 Å². The van der Waals surface area contributed by atoms with Gasteiger partial charge in [-0.2, -0.15) is 9.78 Å². The van der Waals surface area contributed by atoms with E-state index in [1.54, 1.807) is 27.7 Å². The van der Waals surface area contributed by atoms with Crippen molar-refractivity contribution in [2.75, 3.05) is 0 Å². The molecular formula is C20H30O8. The van der Waals surface area contributed by atoms with Crippen molar-refractivity contribution in [2.45, 2.75) is 78.4 Å². The van der Waals surface area contributed by atoms with Crippen LogP contribution >= 0.6 is 0 Å². The maximum atomic E-state index is 11.9. The van der Waals surface area contributed by atoms with Gasteiger partial charge in [-0.05, 0) is 52.7 Å². The summed E-state index contributed by atoms with van der Waals surface area (Å²) < 4.78 is 0. The van der Waals surface area contributed by atoms with Gasteiger partial charge in [0.25, 0.3) is 0 Å². The van der Waals surface area contributed by atoms with Gasteiger partial charge in [0.05, 0.1) is 0 Å². The molecule has 0 unspecified atom stereocenters. The van der Waals surface area contributed by atoms with E-state index < -0.39 is 34.5 Å². The van der Waals surface area contributed by atoms with E-state index in [1.165, 1.54) is 12.1 Å². The monoisotopic (exact) mass is 398 g/mol. The van der Waals surface area contributed by atoms with Crippen LogP contribution in [0.25, 0.3) is 0 Å². The van der Waals surface area contributed by atoms with Crippen molar-refractivity contribution in [3.05, 3.63) is 23.3 Å². The molecule has 8 heteroatoms. The molecule has 0 bridgehead atoms. The number of carboxylic acid groups (broad SMARTS) is 2. The van der Waals surface area contributed by atoms with Gasteiger partial charge in [-0.3, -0.25) is 0 Å². The molecule has 0 atom stereocenters. The Morgan fingerprint density at radius 2 is 1.36 bits per heavy atom. The highest BCUT2D eigenvalue weighted by Crippen LogP contribution is 2.35. The lowest BCUT2D eigenvalue weighted by Gasteiger charge is -2.25. The topological polar surface area (TPSA) is 112 Å². The summed E-state index contributed by atoms with van der Waals surface area (Å²) in [6, 6.07) is 2.41. The molecular weight excluding hydrogens is 368 g/mol. The molecule has 2 N–H and O–H groups in total. The number of carbonyl (C=O) groups is 2. The minimum atomic E-state index is -1.43. The molecule has 1 rings (SSSR count). The Kier molecular flexibility index (Phi) is 8.26. The molecule has 0 spiro atoms. The quantitative estimate of drug-likeness (QED) is 0.379. The third-order valence-corrected chi connectivity index (χ3v) is 3.98. The van der Waals surface area contributed by atoms with Crippen molar-refractivity contribution in [1.29, 1.82) is 0 Å². The second kappa shape index (κ2) is 9.75. The number of aromatic carboxylic acids is 2. The molecule has 0 fully saturated rings. The SMILES string of the molecule is CCCC(C)(C)OOc1ccc(C(=O)O)c(OOC(C)(C)CCC)c1C(=O)O. The van der Waals surface area contributed by atoms with E-state index >= 15 is 0 Å². The maximum absolute atomic E-state index is 11.9. The molecule has 0 aliphatic heterocycles. The van der Waals surface area contributed by atoms with Crippen LogP contribution in [-0.2, 0) is 9.78 Å². The van der Waals surface area contributed by atoms with Gasteiger partial charge in [-0.25, -0.2) is 9.59 Å². The molecule has 28 heavy (non-hydrogen) atoms. The largest absolute Gasteiger partial charge is 0.478 e. The van der Waals surface area contributed by atoms with Gasteiger partial charge in [0.15, 0.2) is 17.1 Å². The van der Waals surface area contributed by atoms with Crippen LogP contribution in [0.4, 0.5) is 0 Å². The van der Waals surface area contributed by atoms with E-state index in [2.05, 4.69) is 0 Å². The Morgan fingerprint density at radius 3 is 1.79 bits per heavy atom. The summed E-state index contributed by atoms with van der Waals surface area (Å²) in [4.78, 5) is 44.6. The normalized spacial score (nSPS) is 11.9. The Labute approximate surface area is 165 Å². The zero-order chi connectivity index (χ0) is 21.5. The third kappa shape index (κ3) is 6.69. The summed E-state index contributed by atoms with van der Waals surface area (Å²) in [7, 11) is 0. The summed E-state index contributed by atoms with van der Waals surface area (Å²) in [5.74, 6) is -3.40. The first-order valence-electron chi connectivity index (χ1n) is 9.29. The smallest absolute Gasteiger partial charge is 0.343 e. The molecule has 0 heterocycles. The fourth-order valence-corrected chi connectivity index (χ4v) is 2.69. The Bertz CT molecular complexity index is 694. The number of hydrogen-bond donors (Lipinski definition) is 2. The van der Waals surface area contributed by atoms with Crippen molar-refractivity contribution < 1.29 is 39.4 Å². The van der Waals surface area contributed by atoms with Crippen molar-refractivity contribution >= 4 is 11.9 Å². The fraction of sp³-hybridized carbons (Fsp3) is 0.600. The Balaban J connectivity index is 3.29. The van der Waals surface area contributed by atoms with Crippen LogP contribution in [0.1, 0.15) is 87.9 Å². The van der Waals surface area contributed by atoms with Gasteiger partial charge in [-0.15, -0.1) is 0 Å². The number of hydrogen-bond acceptors (Lipinski definition) is 6. The van der Waals surface area contributed by atoms with Gasteiger partial charge < -0.3 is 20.0 Å². The van der Waals surface area contributed by atoms with Crippen molar-refractivity contribution in [3.8, 4) is 11.5 Å². The molecule has 1 aromatic rings. The Morgan fingerprint density at radius 1 is 0.857 bits per heavy atom. The second-order valence-electron chi connectivity index (χ2n) is 7.78. The van der Waals surface area contributed by atoms with Crippen LogP contribution < -0.4 is 9.78 Å². The van der Waals surface area contributed by atoms with Crippen LogP contribution in [0.2, 0.25) is 0 Å². The minimum Gasteiger partial charge on any atom is -0.478 e. The predicted octanol–water partition coefficient (Wildman–Crippen LogP) is 4.86. The van der Waals surface area contributed by atoms with E-state index in [-0.39, 0.29) is 11.3 Å². The first-order valence-corrected chi connectivity index (χ1v) is 9.29. The van der Waals surface area contributed by atoms with E-state index in [4.69, 9.17) is 19.6 Å². The van der Waals surface area contributed by atoms with E-state index in [1.807, 2.05) is 13.8 Å². The highest BCUT2D eigenvalue weighted by atomic mass is 17.2. The first-order chi connectivity index (χ1) is 12.9. The van der Waals surface area contributed by atoms with Gasteiger partial charge >= 0.3 is 11.9 Å². The minimum absolute atomic E-state index is 0.173. The summed E-state index contributed by atoms with van der Waals surface area (Å²) in [5.41, 5.74) is -2.24. The molecule has 0 saturated heterocycles. The van der Waals surface area contributed by atoms with Crippen LogP contribution in [0.15, 0.2) is 12.1 Å². The zero-order valence-corrected chi connectivity index (χ0v) is 17.3. The van der Waals surface area contributed by atoms with Gasteiger partial charge in [0.2, 0.25) is 0 Å². The highest BCUT2D eigenvalue weighted by molar-refractivity contribution is 6.00. The summed E-state index contributed by atoms with van der Waals surface area (Å²) in [6.45, 7) is 11.1. The third-order valence-electron chi connectivity index (χ3n) is 3.98. The van der Waals surface area contributed by atoms with Gasteiger partial charge in [0.1, 0.15) is 16.8 Å². The van der Waals surface area contributed by atoms with Crippen LogP contribution in [0.5, 0.6) is 11.5 Å². The average Bonchev–Trinajstić information content (AvgIpc) is 2.57. The Hall–Kier alpha value is -2.32. The molecule has 0 aliphatic rings. The molecule has 0 amide bonds. The molecule has 0 saturated carbocycles. The first kappa shape index (κ1) is 23.7. The molecule has 8 nitrogen and oxygen atoms in total. The predicted molar refractivity (Wildman–Crippen MR) is 102 cm³/mol. The summed E-state index contributed by atoms with van der Waals surface area (Å²) >= 11 is 0. The summed E-state index contributed by atoms with van der Waals surface area (Å²) in [5, 5.41) is 19.1. The second-order valence-corrected chi connectivity index (χ2v) is 7.78. The van der Waals surface area contributed by atoms with Crippen LogP contribution in [-0.4, -0.2) is 33.4 Å². The highest BCUT2D eigenvalue weighted by Gasteiger charge is 2.30. The van der Waals surface area contributed by atoms with Crippen molar-refractivity contribution in [1.82, 2.24) is 0 Å². The average molecular weight is 398 g/mol. The van der Waals surface area contributed by atoms with E-state index in [9.17, 15) is 19.8 Å².